The Hall–Kier alpha value is -3.23. The highest BCUT2D eigenvalue weighted by atomic mass is 32.2. The maximum Gasteiger partial charge on any atom is 0.258 e. The molecule has 0 spiro atoms. The van der Waals surface area contributed by atoms with Gasteiger partial charge in [-0.3, -0.25) is 4.79 Å². The summed E-state index contributed by atoms with van der Waals surface area (Å²) in [6.07, 6.45) is 0. The van der Waals surface area contributed by atoms with Crippen LogP contribution in [0.15, 0.2) is 65.6 Å². The summed E-state index contributed by atoms with van der Waals surface area (Å²) in [6.45, 7) is 3.62. The van der Waals surface area contributed by atoms with E-state index in [1.807, 2.05) is 32.0 Å². The predicted molar refractivity (Wildman–Crippen MR) is 117 cm³/mol. The second-order valence-corrected chi connectivity index (χ2v) is 8.77. The molecule has 0 heterocycles. The highest BCUT2D eigenvalue weighted by Gasteiger charge is 2.20. The zero-order valence-corrected chi connectivity index (χ0v) is 18.2. The van der Waals surface area contributed by atoms with Gasteiger partial charge in [-0.1, -0.05) is 36.4 Å². The maximum atomic E-state index is 14.4. The molecule has 162 valence electrons. The molecule has 0 bridgehead atoms. The van der Waals surface area contributed by atoms with Crippen molar-refractivity contribution in [1.82, 2.24) is 4.72 Å². The SMILES string of the molecule is COc1ccccc1CNS(=O)(=O)c1ccc(F)c(C(=O)Nc2c(C)cccc2C)c1. The van der Waals surface area contributed by atoms with Crippen molar-refractivity contribution >= 4 is 21.6 Å². The lowest BCUT2D eigenvalue weighted by Crippen LogP contribution is -2.24. The van der Waals surface area contributed by atoms with E-state index in [0.29, 0.717) is 17.0 Å². The van der Waals surface area contributed by atoms with Crippen molar-refractivity contribution in [2.24, 2.45) is 0 Å². The third-order valence-corrected chi connectivity index (χ3v) is 6.26. The average molecular weight is 443 g/mol. The fourth-order valence-electron chi connectivity index (χ4n) is 3.14. The smallest absolute Gasteiger partial charge is 0.258 e. The molecular weight excluding hydrogens is 419 g/mol. The van der Waals surface area contributed by atoms with E-state index >= 15 is 0 Å². The second-order valence-electron chi connectivity index (χ2n) is 7.00. The van der Waals surface area contributed by atoms with Crippen molar-refractivity contribution in [2.45, 2.75) is 25.3 Å². The first kappa shape index (κ1) is 22.5. The Morgan fingerprint density at radius 3 is 2.35 bits per heavy atom. The van der Waals surface area contributed by atoms with Crippen LogP contribution in [0.2, 0.25) is 0 Å². The molecule has 0 aliphatic heterocycles. The third kappa shape index (κ3) is 5.10. The molecule has 1 amide bonds. The van der Waals surface area contributed by atoms with E-state index in [-0.39, 0.29) is 17.0 Å². The molecule has 0 saturated heterocycles. The first-order valence-corrected chi connectivity index (χ1v) is 11.0. The van der Waals surface area contributed by atoms with Crippen molar-refractivity contribution in [3.63, 3.8) is 0 Å². The normalized spacial score (nSPS) is 11.2. The zero-order valence-electron chi connectivity index (χ0n) is 17.4. The summed E-state index contributed by atoms with van der Waals surface area (Å²) in [5.74, 6) is -0.998. The summed E-state index contributed by atoms with van der Waals surface area (Å²) in [6, 6.07) is 15.6. The predicted octanol–water partition coefficient (Wildman–Crippen LogP) is 4.18. The van der Waals surface area contributed by atoms with Gasteiger partial charge in [-0.15, -0.1) is 0 Å². The van der Waals surface area contributed by atoms with Gasteiger partial charge in [0.15, 0.2) is 0 Å². The lowest BCUT2D eigenvalue weighted by Gasteiger charge is -2.13. The molecule has 0 aliphatic rings. The van der Waals surface area contributed by atoms with Crippen LogP contribution in [0.1, 0.15) is 27.0 Å². The van der Waals surface area contributed by atoms with Crippen LogP contribution in [-0.2, 0) is 16.6 Å². The molecule has 2 N–H and O–H groups in total. The molecule has 0 aromatic heterocycles. The number of carbonyl (C=O) groups is 1. The maximum absolute atomic E-state index is 14.4. The number of benzene rings is 3. The molecule has 31 heavy (non-hydrogen) atoms. The Morgan fingerprint density at radius 1 is 1.00 bits per heavy atom. The lowest BCUT2D eigenvalue weighted by molar-refractivity contribution is 0.102. The molecule has 3 aromatic rings. The number of aryl methyl sites for hydroxylation is 2. The van der Waals surface area contributed by atoms with Gasteiger partial charge in [0.2, 0.25) is 10.0 Å². The standard InChI is InChI=1S/C23H23FN2O4S/c1-15-7-6-8-16(2)22(15)26-23(27)19-13-18(11-12-20(19)24)31(28,29)25-14-17-9-4-5-10-21(17)30-3/h4-13,25H,14H2,1-3H3,(H,26,27). The highest BCUT2D eigenvalue weighted by Crippen LogP contribution is 2.23. The van der Waals surface area contributed by atoms with Gasteiger partial charge in [0.1, 0.15) is 11.6 Å². The number of halogens is 1. The van der Waals surface area contributed by atoms with E-state index in [0.717, 1.165) is 29.3 Å². The molecule has 0 atom stereocenters. The van der Waals surface area contributed by atoms with Crippen LogP contribution in [0.25, 0.3) is 0 Å². The number of rotatable bonds is 7. The van der Waals surface area contributed by atoms with E-state index in [9.17, 15) is 17.6 Å². The fraction of sp³-hybridized carbons (Fsp3) is 0.174. The summed E-state index contributed by atoms with van der Waals surface area (Å²) >= 11 is 0. The van der Waals surface area contributed by atoms with Gasteiger partial charge in [-0.2, -0.15) is 0 Å². The Morgan fingerprint density at radius 2 is 1.68 bits per heavy atom. The Balaban J connectivity index is 1.84. The summed E-state index contributed by atoms with van der Waals surface area (Å²) in [7, 11) is -2.50. The van der Waals surface area contributed by atoms with E-state index in [1.165, 1.54) is 7.11 Å². The van der Waals surface area contributed by atoms with Gasteiger partial charge in [-0.05, 0) is 49.2 Å². The highest BCUT2D eigenvalue weighted by molar-refractivity contribution is 7.89. The summed E-state index contributed by atoms with van der Waals surface area (Å²) in [5.41, 5.74) is 2.48. The van der Waals surface area contributed by atoms with Gasteiger partial charge in [0.05, 0.1) is 17.6 Å². The fourth-order valence-corrected chi connectivity index (χ4v) is 4.18. The van der Waals surface area contributed by atoms with Crippen LogP contribution in [-0.4, -0.2) is 21.4 Å². The van der Waals surface area contributed by atoms with Gasteiger partial charge in [-0.25, -0.2) is 17.5 Å². The van der Waals surface area contributed by atoms with Crippen LogP contribution in [0.3, 0.4) is 0 Å². The largest absolute Gasteiger partial charge is 0.496 e. The molecule has 0 fully saturated rings. The van der Waals surface area contributed by atoms with Crippen molar-refractivity contribution in [1.29, 1.82) is 0 Å². The van der Waals surface area contributed by atoms with Crippen molar-refractivity contribution in [3.8, 4) is 5.75 Å². The molecule has 6 nitrogen and oxygen atoms in total. The van der Waals surface area contributed by atoms with Crippen LogP contribution in [0.4, 0.5) is 10.1 Å². The number of nitrogens with one attached hydrogen (secondary N) is 2. The topological polar surface area (TPSA) is 84.5 Å². The number of para-hydroxylation sites is 2. The van der Waals surface area contributed by atoms with E-state index in [1.54, 1.807) is 24.3 Å². The van der Waals surface area contributed by atoms with E-state index < -0.39 is 21.7 Å². The first-order chi connectivity index (χ1) is 14.7. The third-order valence-electron chi connectivity index (χ3n) is 4.86. The van der Waals surface area contributed by atoms with Crippen LogP contribution < -0.4 is 14.8 Å². The summed E-state index contributed by atoms with van der Waals surface area (Å²) in [5, 5.41) is 2.68. The Bertz CT molecular complexity index is 1210. The lowest BCUT2D eigenvalue weighted by atomic mass is 10.1. The summed E-state index contributed by atoms with van der Waals surface area (Å²) < 4.78 is 47.6. The first-order valence-electron chi connectivity index (χ1n) is 9.51. The van der Waals surface area contributed by atoms with Crippen LogP contribution in [0, 0.1) is 19.7 Å². The molecule has 0 aliphatic carbocycles. The molecule has 0 radical (unpaired) electrons. The molecule has 3 aromatic carbocycles. The van der Waals surface area contributed by atoms with Crippen molar-refractivity contribution in [2.75, 3.05) is 12.4 Å². The molecular formula is C23H23FN2O4S. The van der Waals surface area contributed by atoms with Gasteiger partial charge < -0.3 is 10.1 Å². The van der Waals surface area contributed by atoms with Gasteiger partial charge in [0.25, 0.3) is 5.91 Å². The number of ether oxygens (including phenoxy) is 1. The number of amides is 1. The number of sulfonamides is 1. The Labute approximate surface area is 181 Å². The number of methoxy groups -OCH3 is 1. The number of hydrogen-bond donors (Lipinski definition) is 2. The van der Waals surface area contributed by atoms with Gasteiger partial charge >= 0.3 is 0 Å². The van der Waals surface area contributed by atoms with Crippen molar-refractivity contribution < 1.29 is 22.3 Å². The molecule has 0 unspecified atom stereocenters. The van der Waals surface area contributed by atoms with Crippen LogP contribution >= 0.6 is 0 Å². The van der Waals surface area contributed by atoms with Gasteiger partial charge in [0, 0.05) is 17.8 Å². The molecule has 8 heteroatoms. The minimum absolute atomic E-state index is 0.0202. The minimum Gasteiger partial charge on any atom is -0.496 e. The number of carbonyl (C=O) groups excluding carboxylic acids is 1. The minimum atomic E-state index is -4.00. The second kappa shape index (κ2) is 9.28. The quantitative estimate of drug-likeness (QED) is 0.575. The van der Waals surface area contributed by atoms with E-state index in [2.05, 4.69) is 10.0 Å². The number of hydrogen-bond acceptors (Lipinski definition) is 4. The monoisotopic (exact) mass is 442 g/mol. The zero-order chi connectivity index (χ0) is 22.6. The Kier molecular flexibility index (Phi) is 6.72. The molecule has 3 rings (SSSR count). The van der Waals surface area contributed by atoms with Crippen LogP contribution in [0.5, 0.6) is 5.75 Å². The summed E-state index contributed by atoms with van der Waals surface area (Å²) in [4.78, 5) is 12.5. The molecule has 0 saturated carbocycles. The average Bonchev–Trinajstić information content (AvgIpc) is 2.75. The number of anilines is 1. The van der Waals surface area contributed by atoms with Crippen molar-refractivity contribution in [3.05, 3.63) is 88.7 Å². The van der Waals surface area contributed by atoms with E-state index in [4.69, 9.17) is 4.74 Å².